The lowest BCUT2D eigenvalue weighted by Gasteiger charge is -2.19. The fourth-order valence-electron chi connectivity index (χ4n) is 2.44. The van der Waals surface area contributed by atoms with E-state index in [4.69, 9.17) is 32.7 Å². The van der Waals surface area contributed by atoms with Crippen LogP contribution in [-0.2, 0) is 9.59 Å². The highest BCUT2D eigenvalue weighted by molar-refractivity contribution is 6.32. The van der Waals surface area contributed by atoms with E-state index in [1.165, 1.54) is 18.2 Å². The number of carbonyl (C=O) groups is 2. The van der Waals surface area contributed by atoms with Crippen LogP contribution in [0, 0.1) is 5.82 Å². The first-order valence-corrected chi connectivity index (χ1v) is 9.67. The average Bonchev–Trinajstić information content (AvgIpc) is 2.67. The van der Waals surface area contributed by atoms with Crippen LogP contribution in [-0.4, -0.2) is 43.0 Å². The van der Waals surface area contributed by atoms with Gasteiger partial charge in [-0.25, -0.2) is 4.39 Å². The largest absolute Gasteiger partial charge is 0.482 e. The maximum absolute atomic E-state index is 13.0. The van der Waals surface area contributed by atoms with Crippen molar-refractivity contribution in [3.05, 3.63) is 52.3 Å². The van der Waals surface area contributed by atoms with E-state index < -0.39 is 11.7 Å². The summed E-state index contributed by atoms with van der Waals surface area (Å²) in [7, 11) is 0. The molecule has 0 aliphatic rings. The summed E-state index contributed by atoms with van der Waals surface area (Å²) in [4.78, 5) is 25.7. The van der Waals surface area contributed by atoms with Gasteiger partial charge in [0.25, 0.3) is 11.8 Å². The number of hydrogen-bond acceptors (Lipinski definition) is 4. The topological polar surface area (TPSA) is 67.9 Å². The Kier molecular flexibility index (Phi) is 8.54. The second-order valence-corrected chi connectivity index (χ2v) is 6.73. The molecule has 2 rings (SSSR count). The molecule has 2 aromatic carbocycles. The molecule has 2 amide bonds. The van der Waals surface area contributed by atoms with E-state index in [0.717, 1.165) is 6.07 Å². The molecule has 0 radical (unpaired) electrons. The molecule has 0 unspecified atom stereocenters. The zero-order valence-corrected chi connectivity index (χ0v) is 17.5. The van der Waals surface area contributed by atoms with Crippen LogP contribution in [0.2, 0.25) is 10.0 Å². The quantitative estimate of drug-likeness (QED) is 0.624. The Bertz CT molecular complexity index is 876. The minimum Gasteiger partial charge on any atom is -0.482 e. The van der Waals surface area contributed by atoms with Gasteiger partial charge in [0, 0.05) is 18.8 Å². The Morgan fingerprint density at radius 1 is 0.966 bits per heavy atom. The number of benzene rings is 2. The van der Waals surface area contributed by atoms with Gasteiger partial charge >= 0.3 is 0 Å². The van der Waals surface area contributed by atoms with Crippen molar-refractivity contribution in [1.29, 1.82) is 0 Å². The number of nitrogens with one attached hydrogen (secondary N) is 1. The minimum atomic E-state index is -0.498. The van der Waals surface area contributed by atoms with Crippen LogP contribution < -0.4 is 14.8 Å². The smallest absolute Gasteiger partial charge is 0.262 e. The number of likely N-dealkylation sites (N-methyl/N-ethyl adjacent to an activating group) is 1. The molecule has 0 aromatic heterocycles. The molecule has 0 atom stereocenters. The van der Waals surface area contributed by atoms with Crippen molar-refractivity contribution >= 4 is 40.7 Å². The summed E-state index contributed by atoms with van der Waals surface area (Å²) in [5.74, 6) is -0.559. The molecule has 0 aliphatic heterocycles. The summed E-state index contributed by atoms with van der Waals surface area (Å²) in [6.07, 6.45) is 0. The molecule has 6 nitrogen and oxygen atoms in total. The molecule has 0 aliphatic carbocycles. The third kappa shape index (κ3) is 6.80. The zero-order chi connectivity index (χ0) is 21.4. The molecular weight excluding hydrogens is 422 g/mol. The van der Waals surface area contributed by atoms with Gasteiger partial charge in [0.15, 0.2) is 13.2 Å². The predicted octanol–water partition coefficient (Wildman–Crippen LogP) is 4.40. The first-order chi connectivity index (χ1) is 13.8. The summed E-state index contributed by atoms with van der Waals surface area (Å²) in [6, 6.07) is 8.27. The second kappa shape index (κ2) is 10.9. The van der Waals surface area contributed by atoms with Gasteiger partial charge in [-0.3, -0.25) is 9.59 Å². The molecule has 0 saturated carbocycles. The number of hydrogen-bond donors (Lipinski definition) is 1. The van der Waals surface area contributed by atoms with E-state index in [0.29, 0.717) is 24.5 Å². The van der Waals surface area contributed by atoms with Crippen molar-refractivity contribution in [1.82, 2.24) is 4.90 Å². The molecule has 9 heteroatoms. The fraction of sp³-hybridized carbons (Fsp3) is 0.300. The van der Waals surface area contributed by atoms with Gasteiger partial charge in [-0.15, -0.1) is 0 Å². The average molecular weight is 443 g/mol. The highest BCUT2D eigenvalue weighted by Gasteiger charge is 2.13. The molecule has 2 aromatic rings. The number of ether oxygens (including phenoxy) is 2. The third-order valence-electron chi connectivity index (χ3n) is 3.94. The maximum atomic E-state index is 13.0. The van der Waals surface area contributed by atoms with Crippen LogP contribution in [0.5, 0.6) is 11.5 Å². The molecule has 0 bridgehead atoms. The number of halogens is 3. The van der Waals surface area contributed by atoms with E-state index in [1.807, 2.05) is 13.8 Å². The van der Waals surface area contributed by atoms with Crippen molar-refractivity contribution in [3.8, 4) is 11.5 Å². The Balaban J connectivity index is 1.89. The van der Waals surface area contributed by atoms with Gasteiger partial charge in [-0.2, -0.15) is 0 Å². The van der Waals surface area contributed by atoms with Crippen LogP contribution in [0.1, 0.15) is 13.8 Å². The standard InChI is InChI=1S/C20H21Cl2FN2O4/c1-3-25(4-2)20(27)12-29-18-8-6-14(10-16(18)22)24-19(26)11-28-17-7-5-13(23)9-15(17)21/h5-10H,3-4,11-12H2,1-2H3,(H,24,26). The van der Waals surface area contributed by atoms with Crippen LogP contribution >= 0.6 is 23.2 Å². The third-order valence-corrected chi connectivity index (χ3v) is 4.53. The predicted molar refractivity (Wildman–Crippen MR) is 110 cm³/mol. The molecule has 0 heterocycles. The van der Waals surface area contributed by atoms with Crippen LogP contribution in [0.15, 0.2) is 36.4 Å². The maximum Gasteiger partial charge on any atom is 0.262 e. The summed E-state index contributed by atoms with van der Waals surface area (Å²) in [6.45, 7) is 4.53. The summed E-state index contributed by atoms with van der Waals surface area (Å²) in [5.41, 5.74) is 0.427. The minimum absolute atomic E-state index is 0.0709. The molecular formula is C20H21Cl2FN2O4. The number of nitrogens with zero attached hydrogens (tertiary/aromatic N) is 1. The Morgan fingerprint density at radius 3 is 2.14 bits per heavy atom. The Morgan fingerprint density at radius 2 is 1.55 bits per heavy atom. The van der Waals surface area contributed by atoms with E-state index in [9.17, 15) is 14.0 Å². The lowest BCUT2D eigenvalue weighted by atomic mass is 10.3. The number of rotatable bonds is 9. The van der Waals surface area contributed by atoms with Crippen molar-refractivity contribution in [2.45, 2.75) is 13.8 Å². The molecule has 29 heavy (non-hydrogen) atoms. The molecule has 1 N–H and O–H groups in total. The van der Waals surface area contributed by atoms with Crippen molar-refractivity contribution in [3.63, 3.8) is 0 Å². The lowest BCUT2D eigenvalue weighted by Crippen LogP contribution is -2.34. The van der Waals surface area contributed by atoms with Crippen molar-refractivity contribution in [2.75, 3.05) is 31.6 Å². The monoisotopic (exact) mass is 442 g/mol. The zero-order valence-electron chi connectivity index (χ0n) is 16.0. The number of anilines is 1. The van der Waals surface area contributed by atoms with Crippen LogP contribution in [0.3, 0.4) is 0 Å². The second-order valence-electron chi connectivity index (χ2n) is 5.91. The molecule has 0 saturated heterocycles. The van der Waals surface area contributed by atoms with Gasteiger partial charge in [-0.05, 0) is 50.2 Å². The van der Waals surface area contributed by atoms with Gasteiger partial charge in [0.05, 0.1) is 10.0 Å². The summed E-state index contributed by atoms with van der Waals surface area (Å²) < 4.78 is 23.8. The summed E-state index contributed by atoms with van der Waals surface area (Å²) in [5, 5.41) is 2.93. The highest BCUT2D eigenvalue weighted by atomic mass is 35.5. The van der Waals surface area contributed by atoms with E-state index >= 15 is 0 Å². The Labute approximate surface area is 178 Å². The van der Waals surface area contributed by atoms with Gasteiger partial charge in [-0.1, -0.05) is 23.2 Å². The fourth-order valence-corrected chi connectivity index (χ4v) is 2.89. The van der Waals surface area contributed by atoms with E-state index in [2.05, 4.69) is 5.32 Å². The lowest BCUT2D eigenvalue weighted by molar-refractivity contribution is -0.133. The van der Waals surface area contributed by atoms with Crippen LogP contribution in [0.25, 0.3) is 0 Å². The van der Waals surface area contributed by atoms with Gasteiger partial charge in [0.1, 0.15) is 17.3 Å². The van der Waals surface area contributed by atoms with E-state index in [1.54, 1.807) is 17.0 Å². The highest BCUT2D eigenvalue weighted by Crippen LogP contribution is 2.28. The van der Waals surface area contributed by atoms with Gasteiger partial charge < -0.3 is 19.7 Å². The normalized spacial score (nSPS) is 10.4. The van der Waals surface area contributed by atoms with Crippen LogP contribution in [0.4, 0.5) is 10.1 Å². The molecule has 0 spiro atoms. The Hall–Kier alpha value is -2.51. The first kappa shape index (κ1) is 22.8. The summed E-state index contributed by atoms with van der Waals surface area (Å²) >= 11 is 12.0. The SMILES string of the molecule is CCN(CC)C(=O)COc1ccc(NC(=O)COc2ccc(F)cc2Cl)cc1Cl. The number of amides is 2. The van der Waals surface area contributed by atoms with E-state index in [-0.39, 0.29) is 34.9 Å². The first-order valence-electron chi connectivity index (χ1n) is 8.91. The molecule has 156 valence electrons. The van der Waals surface area contributed by atoms with Crippen molar-refractivity contribution < 1.29 is 23.5 Å². The van der Waals surface area contributed by atoms with Gasteiger partial charge in [0.2, 0.25) is 0 Å². The molecule has 0 fully saturated rings. The number of carbonyl (C=O) groups excluding carboxylic acids is 2. The van der Waals surface area contributed by atoms with Crippen molar-refractivity contribution in [2.24, 2.45) is 0 Å².